The van der Waals surface area contributed by atoms with Crippen LogP contribution in [0.4, 0.5) is 5.69 Å². The Kier molecular flexibility index (Phi) is 6.11. The number of hydrogen-bond acceptors (Lipinski definition) is 5. The highest BCUT2D eigenvalue weighted by Crippen LogP contribution is 2.33. The lowest BCUT2D eigenvalue weighted by Crippen LogP contribution is -2.05. The van der Waals surface area contributed by atoms with Crippen molar-refractivity contribution in [2.75, 3.05) is 5.43 Å². The van der Waals surface area contributed by atoms with Gasteiger partial charge in [-0.3, -0.25) is 5.43 Å². The lowest BCUT2D eigenvalue weighted by molar-refractivity contribution is 0.563. The molecule has 0 amide bonds. The van der Waals surface area contributed by atoms with Crippen LogP contribution in [-0.4, -0.2) is 16.0 Å². The monoisotopic (exact) mass is 508 g/mol. The maximum atomic E-state index is 12.8. The predicted molar refractivity (Wildman–Crippen MR) is 138 cm³/mol. The van der Waals surface area contributed by atoms with Gasteiger partial charge in [0.05, 0.1) is 33.2 Å². The first-order valence-electron chi connectivity index (χ1n) is 10.1. The zero-order chi connectivity index (χ0) is 23.7. The molecule has 5 rings (SSSR count). The van der Waals surface area contributed by atoms with E-state index in [9.17, 15) is 4.79 Å². The van der Waals surface area contributed by atoms with Crippen molar-refractivity contribution in [3.8, 4) is 16.9 Å². The molecule has 0 saturated heterocycles. The highest BCUT2D eigenvalue weighted by molar-refractivity contribution is 6.41. The molecular formula is C25H15Cl3N4O2. The summed E-state index contributed by atoms with van der Waals surface area (Å²) in [7, 11) is 0. The number of aromatic nitrogens is 2. The molecule has 0 aliphatic rings. The molecule has 3 aromatic carbocycles. The Morgan fingerprint density at radius 1 is 0.941 bits per heavy atom. The molecule has 9 heteroatoms. The van der Waals surface area contributed by atoms with Crippen LogP contribution in [0.15, 0.2) is 93.3 Å². The third kappa shape index (κ3) is 4.43. The zero-order valence-electron chi connectivity index (χ0n) is 17.4. The van der Waals surface area contributed by atoms with Crippen molar-refractivity contribution in [3.05, 3.63) is 110 Å². The lowest BCUT2D eigenvalue weighted by atomic mass is 10.1. The van der Waals surface area contributed by atoms with Crippen molar-refractivity contribution in [2.24, 2.45) is 5.10 Å². The maximum absolute atomic E-state index is 12.8. The first-order chi connectivity index (χ1) is 16.5. The number of nitrogens with zero attached hydrogens (tertiary/aromatic N) is 3. The van der Waals surface area contributed by atoms with E-state index < -0.39 is 5.63 Å². The Morgan fingerprint density at radius 2 is 1.65 bits per heavy atom. The van der Waals surface area contributed by atoms with Gasteiger partial charge >= 0.3 is 5.63 Å². The van der Waals surface area contributed by atoms with Gasteiger partial charge < -0.3 is 4.42 Å². The van der Waals surface area contributed by atoms with Crippen molar-refractivity contribution in [1.82, 2.24) is 9.78 Å². The molecule has 2 heterocycles. The zero-order valence-corrected chi connectivity index (χ0v) is 19.6. The van der Waals surface area contributed by atoms with Crippen molar-refractivity contribution in [1.29, 1.82) is 0 Å². The minimum absolute atomic E-state index is 0.317. The molecular weight excluding hydrogens is 495 g/mol. The quantitative estimate of drug-likeness (QED) is 0.156. The minimum Gasteiger partial charge on any atom is -0.422 e. The first kappa shape index (κ1) is 22.2. The van der Waals surface area contributed by atoms with E-state index in [4.69, 9.17) is 39.2 Å². The molecule has 6 nitrogen and oxygen atoms in total. The Morgan fingerprint density at radius 3 is 2.41 bits per heavy atom. The highest BCUT2D eigenvalue weighted by Gasteiger charge is 2.17. The first-order valence-corrected chi connectivity index (χ1v) is 11.2. The minimum atomic E-state index is -0.497. The highest BCUT2D eigenvalue weighted by atomic mass is 35.5. The maximum Gasteiger partial charge on any atom is 0.345 e. The molecule has 0 bridgehead atoms. The number of rotatable bonds is 5. The van der Waals surface area contributed by atoms with Crippen LogP contribution in [0.3, 0.4) is 0 Å². The van der Waals surface area contributed by atoms with Gasteiger partial charge in [-0.2, -0.15) is 10.2 Å². The van der Waals surface area contributed by atoms with E-state index >= 15 is 0 Å². The van der Waals surface area contributed by atoms with Crippen LogP contribution in [0.25, 0.3) is 27.9 Å². The third-order valence-corrected chi connectivity index (χ3v) is 5.86. The fourth-order valence-corrected chi connectivity index (χ4v) is 4.35. The molecule has 1 N–H and O–H groups in total. The number of hydrazone groups is 1. The van der Waals surface area contributed by atoms with Gasteiger partial charge in [-0.15, -0.1) is 0 Å². The van der Waals surface area contributed by atoms with Gasteiger partial charge in [-0.25, -0.2) is 9.48 Å². The second kappa shape index (κ2) is 9.35. The topological polar surface area (TPSA) is 72.4 Å². The summed E-state index contributed by atoms with van der Waals surface area (Å²) in [5.74, 6) is 0. The number of nitrogens with one attached hydrogen (secondary N) is 1. The molecule has 0 fully saturated rings. The van der Waals surface area contributed by atoms with Crippen LogP contribution in [-0.2, 0) is 0 Å². The molecule has 0 unspecified atom stereocenters. The summed E-state index contributed by atoms with van der Waals surface area (Å²) in [5.41, 5.74) is 5.39. The number of anilines is 1. The molecule has 0 saturated carbocycles. The van der Waals surface area contributed by atoms with Gasteiger partial charge in [0.15, 0.2) is 0 Å². The molecule has 5 aromatic rings. The van der Waals surface area contributed by atoms with E-state index in [1.807, 2.05) is 48.5 Å². The van der Waals surface area contributed by atoms with Crippen LogP contribution >= 0.6 is 34.8 Å². The summed E-state index contributed by atoms with van der Waals surface area (Å²) in [6.07, 6.45) is 3.31. The second-order valence-electron chi connectivity index (χ2n) is 7.31. The van der Waals surface area contributed by atoms with E-state index in [0.717, 1.165) is 11.1 Å². The van der Waals surface area contributed by atoms with Crippen LogP contribution in [0.5, 0.6) is 0 Å². The summed E-state index contributed by atoms with van der Waals surface area (Å²) >= 11 is 18.4. The van der Waals surface area contributed by atoms with Crippen LogP contribution in [0, 0.1) is 0 Å². The predicted octanol–water partition coefficient (Wildman–Crippen LogP) is 7.05. The summed E-state index contributed by atoms with van der Waals surface area (Å²) in [4.78, 5) is 12.8. The standard InChI is InChI=1S/C25H15Cl3N4O2/c26-17-11-20(27)24(21(28)12-17)30-29-13-16-14-32(18-7-2-1-3-8-18)31-23(16)19-10-15-6-4-5-9-22(15)34-25(19)33/h1-14,30H/b29-13-. The molecule has 34 heavy (non-hydrogen) atoms. The van der Waals surface area contributed by atoms with E-state index in [1.54, 1.807) is 35.1 Å². The molecule has 0 aliphatic carbocycles. The smallest absolute Gasteiger partial charge is 0.345 e. The normalized spacial score (nSPS) is 11.4. The summed E-state index contributed by atoms with van der Waals surface area (Å²) in [6, 6.07) is 21.7. The second-order valence-corrected chi connectivity index (χ2v) is 8.56. The van der Waals surface area contributed by atoms with Gasteiger partial charge in [-0.05, 0) is 36.4 Å². The van der Waals surface area contributed by atoms with Crippen LogP contribution < -0.4 is 11.1 Å². The Balaban J connectivity index is 1.59. The number of halogens is 3. The van der Waals surface area contributed by atoms with E-state index in [0.29, 0.717) is 43.2 Å². The molecule has 2 aromatic heterocycles. The average Bonchev–Trinajstić information content (AvgIpc) is 3.24. The number of fused-ring (bicyclic) bond motifs is 1. The van der Waals surface area contributed by atoms with Gasteiger partial charge in [0.25, 0.3) is 0 Å². The largest absolute Gasteiger partial charge is 0.422 e. The fourth-order valence-electron chi connectivity index (χ4n) is 3.45. The molecule has 0 atom stereocenters. The number of para-hydroxylation sites is 2. The molecule has 0 spiro atoms. The summed E-state index contributed by atoms with van der Waals surface area (Å²) < 4.78 is 7.20. The number of hydrogen-bond donors (Lipinski definition) is 1. The SMILES string of the molecule is O=c1oc2ccccc2cc1-c1nn(-c2ccccc2)cc1/C=N\Nc1c(Cl)cc(Cl)cc1Cl. The van der Waals surface area contributed by atoms with Crippen molar-refractivity contribution >= 4 is 57.7 Å². The average molecular weight is 510 g/mol. The van der Waals surface area contributed by atoms with Crippen molar-refractivity contribution in [2.45, 2.75) is 0 Å². The summed E-state index contributed by atoms with van der Waals surface area (Å²) in [6.45, 7) is 0. The lowest BCUT2D eigenvalue weighted by Gasteiger charge is -2.06. The van der Waals surface area contributed by atoms with Crippen LogP contribution in [0.1, 0.15) is 5.56 Å². The van der Waals surface area contributed by atoms with Gasteiger partial charge in [0.1, 0.15) is 11.3 Å². The molecule has 0 radical (unpaired) electrons. The van der Waals surface area contributed by atoms with Gasteiger partial charge in [0.2, 0.25) is 0 Å². The Hall–Kier alpha value is -3.58. The van der Waals surface area contributed by atoms with Crippen molar-refractivity contribution < 1.29 is 4.42 Å². The summed E-state index contributed by atoms with van der Waals surface area (Å²) in [5, 5.41) is 10.8. The van der Waals surface area contributed by atoms with Crippen molar-refractivity contribution in [3.63, 3.8) is 0 Å². The third-order valence-electron chi connectivity index (χ3n) is 5.05. The van der Waals surface area contributed by atoms with Gasteiger partial charge in [-0.1, -0.05) is 71.2 Å². The molecule has 168 valence electrons. The number of benzene rings is 3. The van der Waals surface area contributed by atoms with E-state index in [2.05, 4.69) is 15.6 Å². The molecule has 0 aliphatic heterocycles. The fraction of sp³-hybridized carbons (Fsp3) is 0. The van der Waals surface area contributed by atoms with E-state index in [-0.39, 0.29) is 0 Å². The van der Waals surface area contributed by atoms with Gasteiger partial charge in [0, 0.05) is 22.2 Å². The van der Waals surface area contributed by atoms with E-state index in [1.165, 1.54) is 6.21 Å². The van der Waals surface area contributed by atoms with Crippen LogP contribution in [0.2, 0.25) is 15.1 Å². The Labute approximate surface area is 209 Å². The Bertz CT molecular complexity index is 1570.